The molecule has 4 nitrogen and oxygen atoms in total. The number of benzene rings is 1. The summed E-state index contributed by atoms with van der Waals surface area (Å²) in [6.07, 6.45) is -0.352. The summed E-state index contributed by atoms with van der Waals surface area (Å²) in [6.45, 7) is 0. The Morgan fingerprint density at radius 2 is 1.92 bits per heavy atom. The summed E-state index contributed by atoms with van der Waals surface area (Å²) in [7, 11) is 0. The van der Waals surface area contributed by atoms with Crippen molar-refractivity contribution >= 4 is 17.2 Å². The van der Waals surface area contributed by atoms with Gasteiger partial charge >= 0.3 is 6.18 Å². The maximum Gasteiger partial charge on any atom is 0.431 e. The van der Waals surface area contributed by atoms with E-state index in [1.54, 1.807) is 24.3 Å². The van der Waals surface area contributed by atoms with Crippen molar-refractivity contribution in [1.82, 2.24) is 0 Å². The lowest BCUT2D eigenvalue weighted by molar-refractivity contribution is -0.0600. The number of halogens is 3. The van der Waals surface area contributed by atoms with Gasteiger partial charge in [-0.3, -0.25) is 10.0 Å². The molecule has 3 rings (SSSR count). The van der Waals surface area contributed by atoms with Crippen molar-refractivity contribution in [2.24, 2.45) is 15.8 Å². The number of hydrazone groups is 1. The third-order valence-corrected chi connectivity index (χ3v) is 4.46. The van der Waals surface area contributed by atoms with Gasteiger partial charge in [-0.15, -0.1) is 0 Å². The zero-order valence-corrected chi connectivity index (χ0v) is 13.3. The third kappa shape index (κ3) is 3.88. The second-order valence-corrected chi connectivity index (χ2v) is 6.34. The van der Waals surface area contributed by atoms with Crippen LogP contribution in [0.4, 0.5) is 18.9 Å². The first-order valence-electron chi connectivity index (χ1n) is 8.24. The molecule has 0 aromatic heterocycles. The number of anilines is 1. The van der Waals surface area contributed by atoms with Crippen molar-refractivity contribution in [2.75, 3.05) is 5.01 Å². The summed E-state index contributed by atoms with van der Waals surface area (Å²) < 4.78 is 39.4. The first-order valence-corrected chi connectivity index (χ1v) is 8.24. The number of nitrogens with zero attached hydrogens (tertiary/aromatic N) is 3. The zero-order valence-electron chi connectivity index (χ0n) is 13.3. The Morgan fingerprint density at radius 3 is 2.62 bits per heavy atom. The molecule has 0 amide bonds. The normalized spacial score (nSPS) is 25.2. The summed E-state index contributed by atoms with van der Waals surface area (Å²) in [5, 5.41) is 5.36. The highest BCUT2D eigenvalue weighted by molar-refractivity contribution is 5.93. The van der Waals surface area contributed by atoms with Crippen molar-refractivity contribution in [3.63, 3.8) is 0 Å². The average Bonchev–Trinajstić information content (AvgIpc) is 2.85. The average molecular weight is 338 g/mol. The molecule has 0 fully saturated rings. The van der Waals surface area contributed by atoms with E-state index in [1.807, 2.05) is 6.07 Å². The zero-order chi connectivity index (χ0) is 17.2. The van der Waals surface area contributed by atoms with Crippen molar-refractivity contribution in [2.45, 2.75) is 56.8 Å². The van der Waals surface area contributed by atoms with Crippen LogP contribution in [0.15, 0.2) is 40.4 Å². The lowest BCUT2D eigenvalue weighted by Crippen LogP contribution is -2.31. The molecule has 2 heterocycles. The first-order chi connectivity index (χ1) is 11.4. The van der Waals surface area contributed by atoms with E-state index < -0.39 is 11.9 Å². The maximum absolute atomic E-state index is 13.1. The fraction of sp³-hybridized carbons (Fsp3) is 0.529. The SMILES string of the molecule is NC1=NC(CC2CC(C(F)(F)F)=NN2c2ccccc2)CCCC1. The predicted octanol–water partition coefficient (Wildman–Crippen LogP) is 3.87. The molecule has 130 valence electrons. The van der Waals surface area contributed by atoms with Gasteiger partial charge in [0.1, 0.15) is 5.71 Å². The Labute approximate surface area is 139 Å². The van der Waals surface area contributed by atoms with Crippen LogP contribution in [0.1, 0.15) is 38.5 Å². The number of rotatable bonds is 3. The van der Waals surface area contributed by atoms with E-state index in [4.69, 9.17) is 5.73 Å². The van der Waals surface area contributed by atoms with Crippen LogP contribution in [-0.2, 0) is 0 Å². The molecule has 0 radical (unpaired) electrons. The Balaban J connectivity index is 1.82. The quantitative estimate of drug-likeness (QED) is 0.909. The maximum atomic E-state index is 13.1. The summed E-state index contributed by atoms with van der Waals surface area (Å²) in [5.41, 5.74) is 5.82. The highest BCUT2D eigenvalue weighted by Crippen LogP contribution is 2.34. The molecule has 0 aliphatic carbocycles. The predicted molar refractivity (Wildman–Crippen MR) is 89.3 cm³/mol. The van der Waals surface area contributed by atoms with Gasteiger partial charge in [-0.25, -0.2) is 0 Å². The van der Waals surface area contributed by atoms with E-state index in [1.165, 1.54) is 5.01 Å². The standard InChI is InChI=1S/C17H21F3N4/c18-17(19,20)15-11-14(10-12-6-4-5-9-16(21)22-12)24(23-15)13-7-2-1-3-8-13/h1-3,7-8,12,14H,4-6,9-11H2,(H2,21,22). The minimum absolute atomic E-state index is 0.0357. The fourth-order valence-electron chi connectivity index (χ4n) is 3.30. The molecule has 24 heavy (non-hydrogen) atoms. The Morgan fingerprint density at radius 1 is 1.17 bits per heavy atom. The first kappa shape index (κ1) is 16.8. The van der Waals surface area contributed by atoms with E-state index in [0.29, 0.717) is 17.9 Å². The molecule has 1 aromatic rings. The molecular weight excluding hydrogens is 317 g/mol. The number of nitrogens with two attached hydrogens (primary N) is 1. The Bertz CT molecular complexity index is 624. The van der Waals surface area contributed by atoms with Crippen LogP contribution in [-0.4, -0.2) is 29.8 Å². The van der Waals surface area contributed by atoms with Crippen LogP contribution in [0, 0.1) is 0 Å². The van der Waals surface area contributed by atoms with Gasteiger partial charge in [-0.2, -0.15) is 18.3 Å². The van der Waals surface area contributed by atoms with Crippen molar-refractivity contribution < 1.29 is 13.2 Å². The molecule has 2 aliphatic heterocycles. The van der Waals surface area contributed by atoms with Crippen molar-refractivity contribution in [3.05, 3.63) is 30.3 Å². The molecule has 0 saturated heterocycles. The summed E-state index contributed by atoms with van der Waals surface area (Å²) in [4.78, 5) is 4.49. The van der Waals surface area contributed by atoms with E-state index in [0.717, 1.165) is 25.7 Å². The molecule has 0 spiro atoms. The lowest BCUT2D eigenvalue weighted by Gasteiger charge is -2.26. The van der Waals surface area contributed by atoms with Crippen molar-refractivity contribution in [3.8, 4) is 0 Å². The molecule has 2 N–H and O–H groups in total. The van der Waals surface area contributed by atoms with E-state index in [-0.39, 0.29) is 18.5 Å². The minimum atomic E-state index is -4.40. The van der Waals surface area contributed by atoms with Gasteiger partial charge in [0.15, 0.2) is 0 Å². The number of hydrogen-bond donors (Lipinski definition) is 1. The molecule has 7 heteroatoms. The van der Waals surface area contributed by atoms with Crippen LogP contribution >= 0.6 is 0 Å². The Hall–Kier alpha value is -2.05. The topological polar surface area (TPSA) is 54.0 Å². The molecular formula is C17H21F3N4. The molecule has 2 unspecified atom stereocenters. The molecule has 1 aromatic carbocycles. The number of amidine groups is 1. The summed E-state index contributed by atoms with van der Waals surface area (Å²) >= 11 is 0. The smallest absolute Gasteiger partial charge is 0.387 e. The highest BCUT2D eigenvalue weighted by Gasteiger charge is 2.43. The van der Waals surface area contributed by atoms with E-state index >= 15 is 0 Å². The van der Waals surface area contributed by atoms with E-state index in [2.05, 4.69) is 10.1 Å². The lowest BCUT2D eigenvalue weighted by atomic mass is 9.98. The molecule has 2 aliphatic rings. The second kappa shape index (κ2) is 6.83. The molecule has 2 atom stereocenters. The van der Waals surface area contributed by atoms with Crippen LogP contribution in [0.3, 0.4) is 0 Å². The third-order valence-electron chi connectivity index (χ3n) is 4.46. The fourth-order valence-corrected chi connectivity index (χ4v) is 3.30. The monoisotopic (exact) mass is 338 g/mol. The van der Waals surface area contributed by atoms with Gasteiger partial charge in [0.25, 0.3) is 0 Å². The Kier molecular flexibility index (Phi) is 4.78. The largest absolute Gasteiger partial charge is 0.431 e. The van der Waals surface area contributed by atoms with Gasteiger partial charge in [-0.05, 0) is 31.4 Å². The van der Waals surface area contributed by atoms with E-state index in [9.17, 15) is 13.2 Å². The van der Waals surface area contributed by atoms with Gasteiger partial charge < -0.3 is 5.73 Å². The van der Waals surface area contributed by atoms with Crippen LogP contribution < -0.4 is 10.7 Å². The van der Waals surface area contributed by atoms with Gasteiger partial charge in [0.05, 0.1) is 23.6 Å². The highest BCUT2D eigenvalue weighted by atomic mass is 19.4. The summed E-state index contributed by atoms with van der Waals surface area (Å²) in [6, 6.07) is 8.61. The minimum Gasteiger partial charge on any atom is -0.387 e. The van der Waals surface area contributed by atoms with Crippen molar-refractivity contribution in [1.29, 1.82) is 0 Å². The van der Waals surface area contributed by atoms with Gasteiger partial charge in [0.2, 0.25) is 0 Å². The van der Waals surface area contributed by atoms with Crippen LogP contribution in [0.25, 0.3) is 0 Å². The number of aliphatic imine (C=N–C) groups is 1. The second-order valence-electron chi connectivity index (χ2n) is 6.34. The van der Waals surface area contributed by atoms with Gasteiger partial charge in [-0.1, -0.05) is 24.6 Å². The molecule has 0 saturated carbocycles. The summed E-state index contributed by atoms with van der Waals surface area (Å²) in [5.74, 6) is 0.610. The molecule has 0 bridgehead atoms. The number of para-hydroxylation sites is 1. The number of hydrogen-bond acceptors (Lipinski definition) is 4. The van der Waals surface area contributed by atoms with Gasteiger partial charge in [0, 0.05) is 12.8 Å². The van der Waals surface area contributed by atoms with Crippen LogP contribution in [0.2, 0.25) is 0 Å². The van der Waals surface area contributed by atoms with Crippen LogP contribution in [0.5, 0.6) is 0 Å². The number of alkyl halides is 3.